The van der Waals surface area contributed by atoms with E-state index in [0.717, 1.165) is 12.3 Å². The summed E-state index contributed by atoms with van der Waals surface area (Å²) in [6.07, 6.45) is 2.46. The van der Waals surface area contributed by atoms with Gasteiger partial charge in [-0.05, 0) is 6.04 Å². The van der Waals surface area contributed by atoms with Crippen LogP contribution in [0.2, 0.25) is 25.7 Å². The molecule has 1 heterocycles. The van der Waals surface area contributed by atoms with Crippen LogP contribution in [0.1, 0.15) is 5.69 Å². The molecular weight excluding hydrogens is 286 g/mol. The Labute approximate surface area is 115 Å². The van der Waals surface area contributed by atoms with E-state index in [1.807, 2.05) is 0 Å². The van der Waals surface area contributed by atoms with Crippen LogP contribution in [0, 0.1) is 0 Å². The van der Waals surface area contributed by atoms with Crippen molar-refractivity contribution in [2.75, 3.05) is 12.9 Å². The fourth-order valence-electron chi connectivity index (χ4n) is 1.15. The first-order valence-corrected chi connectivity index (χ1v) is 11.5. The van der Waals surface area contributed by atoms with Gasteiger partial charge in [0.15, 0.2) is 6.73 Å². The van der Waals surface area contributed by atoms with Crippen molar-refractivity contribution in [2.45, 2.75) is 39.0 Å². The molecule has 0 unspecified atom stereocenters. The SMILES string of the molecule is C[Si](C)(C)CCOCn1ncc(COS(C)(=O)=O)n1. The number of hydrogen-bond donors (Lipinski definition) is 0. The summed E-state index contributed by atoms with van der Waals surface area (Å²) in [5.41, 5.74) is 0.458. The Balaban J connectivity index is 2.31. The molecule has 9 heteroatoms. The van der Waals surface area contributed by atoms with Gasteiger partial charge in [0.25, 0.3) is 10.1 Å². The minimum atomic E-state index is -3.45. The van der Waals surface area contributed by atoms with Gasteiger partial charge < -0.3 is 4.74 Å². The molecular formula is C10H21N3O4SSi. The van der Waals surface area contributed by atoms with E-state index in [1.165, 1.54) is 11.0 Å². The van der Waals surface area contributed by atoms with Gasteiger partial charge in [-0.25, -0.2) is 0 Å². The van der Waals surface area contributed by atoms with Gasteiger partial charge >= 0.3 is 0 Å². The lowest BCUT2D eigenvalue weighted by atomic mass is 10.5. The van der Waals surface area contributed by atoms with Crippen LogP contribution in [-0.4, -0.2) is 44.3 Å². The molecule has 0 fully saturated rings. The summed E-state index contributed by atoms with van der Waals surface area (Å²) < 4.78 is 31.7. The normalized spacial score (nSPS) is 12.8. The van der Waals surface area contributed by atoms with Crippen LogP contribution in [0.3, 0.4) is 0 Å². The van der Waals surface area contributed by atoms with Crippen molar-refractivity contribution >= 4 is 18.2 Å². The predicted octanol–water partition coefficient (Wildman–Crippen LogP) is 1.07. The molecule has 0 saturated heterocycles. The number of ether oxygens (including phenoxy) is 1. The predicted molar refractivity (Wildman–Crippen MR) is 73.8 cm³/mol. The summed E-state index contributed by atoms with van der Waals surface area (Å²) in [5.74, 6) is 0. The molecule has 0 aromatic carbocycles. The van der Waals surface area contributed by atoms with Crippen LogP contribution < -0.4 is 0 Å². The molecule has 110 valence electrons. The molecule has 0 saturated carbocycles. The van der Waals surface area contributed by atoms with Crippen LogP contribution in [0.25, 0.3) is 0 Å². The Hall–Kier alpha value is -0.773. The first kappa shape index (κ1) is 16.3. The second-order valence-electron chi connectivity index (χ2n) is 5.52. The Morgan fingerprint density at radius 3 is 2.63 bits per heavy atom. The lowest BCUT2D eigenvalue weighted by Gasteiger charge is -2.14. The number of hydrogen-bond acceptors (Lipinski definition) is 6. The van der Waals surface area contributed by atoms with Gasteiger partial charge in [0.2, 0.25) is 0 Å². The molecule has 0 bridgehead atoms. The van der Waals surface area contributed by atoms with Gasteiger partial charge in [-0.15, -0.1) is 0 Å². The van der Waals surface area contributed by atoms with Crippen molar-refractivity contribution in [3.8, 4) is 0 Å². The molecule has 0 spiro atoms. The van der Waals surface area contributed by atoms with Crippen molar-refractivity contribution < 1.29 is 17.3 Å². The fourth-order valence-corrected chi connectivity index (χ4v) is 2.25. The molecule has 1 aromatic heterocycles. The second kappa shape index (κ2) is 6.59. The van der Waals surface area contributed by atoms with E-state index < -0.39 is 18.2 Å². The van der Waals surface area contributed by atoms with E-state index in [1.54, 1.807) is 0 Å². The van der Waals surface area contributed by atoms with E-state index in [4.69, 9.17) is 4.74 Å². The minimum absolute atomic E-state index is 0.103. The third-order valence-corrected chi connectivity index (χ3v) is 4.46. The molecule has 0 aliphatic carbocycles. The molecule has 7 nitrogen and oxygen atoms in total. The molecule has 19 heavy (non-hydrogen) atoms. The van der Waals surface area contributed by atoms with Crippen LogP contribution >= 0.6 is 0 Å². The van der Waals surface area contributed by atoms with Crippen molar-refractivity contribution in [3.63, 3.8) is 0 Å². The summed E-state index contributed by atoms with van der Waals surface area (Å²) >= 11 is 0. The maximum atomic E-state index is 10.8. The summed E-state index contributed by atoms with van der Waals surface area (Å²) in [6.45, 7) is 7.69. The summed E-state index contributed by atoms with van der Waals surface area (Å²) in [7, 11) is -4.54. The summed E-state index contributed by atoms with van der Waals surface area (Å²) in [5, 5.41) is 8.02. The molecule has 0 amide bonds. The lowest BCUT2D eigenvalue weighted by molar-refractivity contribution is 0.0680. The molecule has 0 N–H and O–H groups in total. The topological polar surface area (TPSA) is 83.3 Å². The average molecular weight is 307 g/mol. The zero-order valence-corrected chi connectivity index (χ0v) is 13.6. The van der Waals surface area contributed by atoms with Crippen LogP contribution in [0.4, 0.5) is 0 Å². The molecule has 0 aliphatic rings. The monoisotopic (exact) mass is 307 g/mol. The maximum Gasteiger partial charge on any atom is 0.264 e. The highest BCUT2D eigenvalue weighted by molar-refractivity contribution is 7.85. The van der Waals surface area contributed by atoms with E-state index in [9.17, 15) is 8.42 Å². The standard InChI is InChI=1S/C10H21N3O4SSi/c1-18(14,15)17-8-10-7-11-13(12-10)9-16-5-6-19(2,3)4/h7H,5-6,8-9H2,1-4H3. The highest BCUT2D eigenvalue weighted by Crippen LogP contribution is 2.07. The van der Waals surface area contributed by atoms with Crippen LogP contribution in [0.5, 0.6) is 0 Å². The average Bonchev–Trinajstić information content (AvgIpc) is 2.67. The van der Waals surface area contributed by atoms with Gasteiger partial charge in [-0.1, -0.05) is 19.6 Å². The Kier molecular flexibility index (Phi) is 5.65. The van der Waals surface area contributed by atoms with E-state index in [2.05, 4.69) is 34.0 Å². The minimum Gasteiger partial charge on any atom is -0.358 e. The van der Waals surface area contributed by atoms with Gasteiger partial charge in [-0.2, -0.15) is 23.4 Å². The number of aromatic nitrogens is 3. The van der Waals surface area contributed by atoms with Gasteiger partial charge in [0.1, 0.15) is 12.3 Å². The Bertz CT molecular complexity index is 495. The zero-order chi connectivity index (χ0) is 14.5. The second-order valence-corrected chi connectivity index (χ2v) is 12.8. The zero-order valence-electron chi connectivity index (χ0n) is 11.8. The number of rotatable bonds is 8. The van der Waals surface area contributed by atoms with Crippen molar-refractivity contribution in [3.05, 3.63) is 11.9 Å². The first-order valence-electron chi connectivity index (χ1n) is 5.97. The van der Waals surface area contributed by atoms with Gasteiger partial charge in [-0.3, -0.25) is 4.18 Å². The molecule has 1 rings (SSSR count). The third kappa shape index (κ3) is 8.08. The number of nitrogens with zero attached hydrogens (tertiary/aromatic N) is 3. The lowest BCUT2D eigenvalue weighted by Crippen LogP contribution is -2.22. The van der Waals surface area contributed by atoms with Gasteiger partial charge in [0.05, 0.1) is 12.5 Å². The summed E-state index contributed by atoms with van der Waals surface area (Å²) in [4.78, 5) is 1.38. The highest BCUT2D eigenvalue weighted by Gasteiger charge is 2.12. The smallest absolute Gasteiger partial charge is 0.264 e. The van der Waals surface area contributed by atoms with Crippen molar-refractivity contribution in [1.82, 2.24) is 15.0 Å². The van der Waals surface area contributed by atoms with Crippen molar-refractivity contribution in [2.24, 2.45) is 0 Å². The van der Waals surface area contributed by atoms with Crippen LogP contribution in [-0.2, 0) is 32.4 Å². The van der Waals surface area contributed by atoms with Crippen LogP contribution in [0.15, 0.2) is 6.20 Å². The maximum absolute atomic E-state index is 10.8. The quantitative estimate of drug-likeness (QED) is 0.406. The van der Waals surface area contributed by atoms with E-state index in [0.29, 0.717) is 12.3 Å². The largest absolute Gasteiger partial charge is 0.358 e. The Morgan fingerprint density at radius 1 is 1.37 bits per heavy atom. The third-order valence-electron chi connectivity index (χ3n) is 2.21. The molecule has 0 aliphatic heterocycles. The first-order chi connectivity index (χ1) is 8.66. The summed E-state index contributed by atoms with van der Waals surface area (Å²) in [6, 6.07) is 1.08. The van der Waals surface area contributed by atoms with E-state index >= 15 is 0 Å². The van der Waals surface area contributed by atoms with Crippen molar-refractivity contribution in [1.29, 1.82) is 0 Å². The fraction of sp³-hybridized carbons (Fsp3) is 0.800. The molecule has 1 aromatic rings. The Morgan fingerprint density at radius 2 is 2.05 bits per heavy atom. The van der Waals surface area contributed by atoms with Gasteiger partial charge in [0, 0.05) is 14.7 Å². The molecule has 0 atom stereocenters. The highest BCUT2D eigenvalue weighted by atomic mass is 32.2. The molecule has 0 radical (unpaired) electrons. The van der Waals surface area contributed by atoms with E-state index in [-0.39, 0.29) is 13.3 Å².